The molecule has 6 heteroatoms. The van der Waals surface area contributed by atoms with Gasteiger partial charge in [0, 0.05) is 39.0 Å². The van der Waals surface area contributed by atoms with Crippen LogP contribution in [0.25, 0.3) is 0 Å². The maximum atomic E-state index is 12.1. The van der Waals surface area contributed by atoms with Crippen molar-refractivity contribution in [2.75, 3.05) is 13.1 Å². The number of amides is 1. The molecule has 1 amide bonds. The van der Waals surface area contributed by atoms with Crippen molar-refractivity contribution in [3.8, 4) is 0 Å². The predicted molar refractivity (Wildman–Crippen MR) is 72.1 cm³/mol. The van der Waals surface area contributed by atoms with Crippen molar-refractivity contribution in [2.45, 2.75) is 45.6 Å². The summed E-state index contributed by atoms with van der Waals surface area (Å²) in [6.45, 7) is 7.04. The van der Waals surface area contributed by atoms with E-state index in [1.165, 1.54) is 4.68 Å². The number of carbonyl (C=O) groups excluding carboxylic acids is 1. The highest BCUT2D eigenvalue weighted by Gasteiger charge is 2.28. The van der Waals surface area contributed by atoms with Crippen molar-refractivity contribution >= 4 is 5.91 Å². The largest absolute Gasteiger partial charge is 0.345 e. The van der Waals surface area contributed by atoms with Crippen LogP contribution in [0.2, 0.25) is 0 Å². The summed E-state index contributed by atoms with van der Waals surface area (Å²) in [6.07, 6.45) is 1.94. The molecule has 1 aromatic rings. The lowest BCUT2D eigenvalue weighted by Gasteiger charge is -2.31. The molecule has 0 saturated carbocycles. The minimum absolute atomic E-state index is 0.0788. The van der Waals surface area contributed by atoms with E-state index in [0.717, 1.165) is 25.2 Å². The molecule has 0 radical (unpaired) electrons. The molecule has 1 aromatic heterocycles. The lowest BCUT2D eigenvalue weighted by molar-refractivity contribution is -0.130. The van der Waals surface area contributed by atoms with E-state index < -0.39 is 0 Å². The number of likely N-dealkylation sites (tertiary alicyclic amines) is 1. The molecular weight excluding hydrogens is 244 g/mol. The van der Waals surface area contributed by atoms with Crippen LogP contribution in [0.4, 0.5) is 0 Å². The summed E-state index contributed by atoms with van der Waals surface area (Å²) in [5.41, 5.74) is -0.0788. The van der Waals surface area contributed by atoms with Gasteiger partial charge in [0.1, 0.15) is 5.82 Å². The highest BCUT2D eigenvalue weighted by molar-refractivity contribution is 5.73. The third-order valence-corrected chi connectivity index (χ3v) is 3.73. The maximum absolute atomic E-state index is 12.1. The van der Waals surface area contributed by atoms with Gasteiger partial charge < -0.3 is 4.90 Å². The van der Waals surface area contributed by atoms with Crippen molar-refractivity contribution in [1.29, 1.82) is 0 Å². The molecule has 1 saturated heterocycles. The fourth-order valence-electron chi connectivity index (χ4n) is 2.74. The molecule has 2 heterocycles. The second-order valence-electron chi connectivity index (χ2n) is 5.53. The first-order chi connectivity index (χ1) is 8.91. The van der Waals surface area contributed by atoms with Crippen molar-refractivity contribution in [1.82, 2.24) is 19.2 Å². The van der Waals surface area contributed by atoms with Gasteiger partial charge in [-0.15, -0.1) is 0 Å². The summed E-state index contributed by atoms with van der Waals surface area (Å²) in [4.78, 5) is 25.4. The quantitative estimate of drug-likeness (QED) is 0.798. The third kappa shape index (κ3) is 2.57. The van der Waals surface area contributed by atoms with Crippen molar-refractivity contribution in [3.63, 3.8) is 0 Å². The minimum Gasteiger partial charge on any atom is -0.342 e. The molecule has 0 aromatic carbocycles. The molecule has 19 heavy (non-hydrogen) atoms. The van der Waals surface area contributed by atoms with Crippen LogP contribution in [0.5, 0.6) is 0 Å². The number of aromatic nitrogens is 3. The Morgan fingerprint density at radius 2 is 2.11 bits per heavy atom. The molecule has 1 unspecified atom stereocenters. The molecule has 1 fully saturated rings. The fourth-order valence-corrected chi connectivity index (χ4v) is 2.74. The Bertz CT molecular complexity index is 529. The third-order valence-electron chi connectivity index (χ3n) is 3.73. The molecule has 0 spiro atoms. The maximum Gasteiger partial charge on any atom is 0.345 e. The number of hydrogen-bond acceptors (Lipinski definition) is 3. The van der Waals surface area contributed by atoms with E-state index in [2.05, 4.69) is 5.10 Å². The number of nitrogens with zero attached hydrogens (tertiary/aromatic N) is 4. The molecule has 1 atom stereocenters. The highest BCUT2D eigenvalue weighted by atomic mass is 16.2. The van der Waals surface area contributed by atoms with Crippen LogP contribution in [-0.4, -0.2) is 38.2 Å². The van der Waals surface area contributed by atoms with E-state index >= 15 is 0 Å². The van der Waals surface area contributed by atoms with Crippen molar-refractivity contribution in [2.24, 2.45) is 7.05 Å². The smallest absolute Gasteiger partial charge is 0.342 e. The molecule has 106 valence electrons. The summed E-state index contributed by atoms with van der Waals surface area (Å²) >= 11 is 0. The average molecular weight is 266 g/mol. The van der Waals surface area contributed by atoms with E-state index in [4.69, 9.17) is 0 Å². The van der Waals surface area contributed by atoms with Crippen LogP contribution in [0.3, 0.4) is 0 Å². The predicted octanol–water partition coefficient (Wildman–Crippen LogP) is 0.889. The zero-order valence-corrected chi connectivity index (χ0v) is 12.1. The number of rotatable bonds is 2. The Labute approximate surface area is 113 Å². The second-order valence-corrected chi connectivity index (χ2v) is 5.53. The Kier molecular flexibility index (Phi) is 3.78. The van der Waals surface area contributed by atoms with Crippen molar-refractivity contribution in [3.05, 3.63) is 16.3 Å². The summed E-state index contributed by atoms with van der Waals surface area (Å²) < 4.78 is 3.14. The first-order valence-electron chi connectivity index (χ1n) is 6.82. The van der Waals surface area contributed by atoms with Gasteiger partial charge in [-0.05, 0) is 26.7 Å². The van der Waals surface area contributed by atoms with Crippen molar-refractivity contribution < 1.29 is 4.79 Å². The van der Waals surface area contributed by atoms with Gasteiger partial charge in [-0.1, -0.05) is 0 Å². The molecule has 1 aliphatic heterocycles. The highest BCUT2D eigenvalue weighted by Crippen LogP contribution is 2.26. The first-order valence-corrected chi connectivity index (χ1v) is 6.82. The number of carbonyl (C=O) groups is 1. The lowest BCUT2D eigenvalue weighted by Crippen LogP contribution is -2.39. The zero-order valence-electron chi connectivity index (χ0n) is 12.1. The van der Waals surface area contributed by atoms with E-state index in [0.29, 0.717) is 6.54 Å². The van der Waals surface area contributed by atoms with E-state index in [-0.39, 0.29) is 23.6 Å². The average Bonchev–Trinajstić information content (AvgIpc) is 2.66. The van der Waals surface area contributed by atoms with E-state index in [1.54, 1.807) is 18.5 Å². The fraction of sp³-hybridized carbons (Fsp3) is 0.769. The van der Waals surface area contributed by atoms with Gasteiger partial charge in [-0.2, -0.15) is 5.10 Å². The molecule has 0 N–H and O–H groups in total. The van der Waals surface area contributed by atoms with Gasteiger partial charge in [-0.3, -0.25) is 9.36 Å². The van der Waals surface area contributed by atoms with Gasteiger partial charge in [0.15, 0.2) is 0 Å². The Hall–Kier alpha value is -1.59. The molecule has 1 aliphatic rings. The van der Waals surface area contributed by atoms with Gasteiger partial charge in [0.2, 0.25) is 5.91 Å². The van der Waals surface area contributed by atoms with Crippen LogP contribution in [0.15, 0.2) is 4.79 Å². The Morgan fingerprint density at radius 1 is 1.42 bits per heavy atom. The zero-order chi connectivity index (χ0) is 14.2. The minimum atomic E-state index is -0.0788. The summed E-state index contributed by atoms with van der Waals surface area (Å²) in [5.74, 6) is 1.07. The van der Waals surface area contributed by atoms with E-state index in [1.807, 2.05) is 18.7 Å². The lowest BCUT2D eigenvalue weighted by atomic mass is 9.97. The summed E-state index contributed by atoms with van der Waals surface area (Å²) in [6, 6.07) is 0.0869. The van der Waals surface area contributed by atoms with Crippen LogP contribution >= 0.6 is 0 Å². The monoisotopic (exact) mass is 266 g/mol. The SMILES string of the molecule is CC(=O)N1CCCC(c2nn(C)c(=O)n2C(C)C)C1. The van der Waals surface area contributed by atoms with Crippen LogP contribution < -0.4 is 5.69 Å². The Balaban J connectivity index is 2.34. The van der Waals surface area contributed by atoms with Crippen LogP contribution in [0.1, 0.15) is 51.4 Å². The number of aryl methyl sites for hydroxylation is 1. The van der Waals surface area contributed by atoms with Gasteiger partial charge >= 0.3 is 5.69 Å². The van der Waals surface area contributed by atoms with Gasteiger partial charge in [-0.25, -0.2) is 9.48 Å². The molecule has 0 bridgehead atoms. The molecule has 2 rings (SSSR count). The second kappa shape index (κ2) is 5.19. The first kappa shape index (κ1) is 13.8. The normalized spacial score (nSPS) is 20.1. The topological polar surface area (TPSA) is 60.1 Å². The molecule has 0 aliphatic carbocycles. The summed E-state index contributed by atoms with van der Waals surface area (Å²) in [7, 11) is 1.68. The number of piperidine rings is 1. The van der Waals surface area contributed by atoms with Gasteiger partial charge in [0.05, 0.1) is 0 Å². The number of hydrogen-bond donors (Lipinski definition) is 0. The van der Waals surface area contributed by atoms with Crippen LogP contribution in [-0.2, 0) is 11.8 Å². The van der Waals surface area contributed by atoms with Gasteiger partial charge in [0.25, 0.3) is 0 Å². The standard InChI is InChI=1S/C13H22N4O2/c1-9(2)17-12(14-15(4)13(17)19)11-6-5-7-16(8-11)10(3)18/h9,11H,5-8H2,1-4H3. The molecule has 6 nitrogen and oxygen atoms in total. The van der Waals surface area contributed by atoms with Crippen LogP contribution in [0, 0.1) is 0 Å². The Morgan fingerprint density at radius 3 is 2.68 bits per heavy atom. The summed E-state index contributed by atoms with van der Waals surface area (Å²) in [5, 5.41) is 4.38. The van der Waals surface area contributed by atoms with E-state index in [9.17, 15) is 9.59 Å². The molecular formula is C13H22N4O2.